The van der Waals surface area contributed by atoms with Crippen molar-refractivity contribution in [1.82, 2.24) is 29.1 Å². The molecule has 0 N–H and O–H groups in total. The molecule has 152 valence electrons. The van der Waals surface area contributed by atoms with E-state index in [1.54, 1.807) is 0 Å². The molecule has 0 aromatic carbocycles. The number of aryl methyl sites for hydroxylation is 1. The Labute approximate surface area is 166 Å². The summed E-state index contributed by atoms with van der Waals surface area (Å²) in [6, 6.07) is 0. The van der Waals surface area contributed by atoms with Crippen molar-refractivity contribution in [1.29, 1.82) is 0 Å². The van der Waals surface area contributed by atoms with Crippen LogP contribution in [0.2, 0.25) is 0 Å². The first-order chi connectivity index (χ1) is 13.5. The topological polar surface area (TPSA) is 68.4 Å². The second-order valence-corrected chi connectivity index (χ2v) is 7.81. The largest absolute Gasteiger partial charge is 0.352 e. The molecular weight excluding hydrogens is 356 g/mol. The van der Waals surface area contributed by atoms with E-state index in [1.807, 2.05) is 49.1 Å². The molecule has 0 radical (unpaired) electrons. The van der Waals surface area contributed by atoms with Crippen molar-refractivity contribution in [3.63, 3.8) is 0 Å². The molecule has 2 aromatic heterocycles. The van der Waals surface area contributed by atoms with Crippen LogP contribution in [0.3, 0.4) is 0 Å². The van der Waals surface area contributed by atoms with E-state index in [1.165, 1.54) is 5.56 Å². The number of rotatable bonds is 5. The maximum Gasteiger partial charge on any atom is 0.253 e. The molecule has 1 saturated heterocycles. The van der Waals surface area contributed by atoms with Crippen LogP contribution in [0.25, 0.3) is 0 Å². The molecule has 2 aromatic rings. The maximum atomic E-state index is 13.0. The predicted octanol–water partition coefficient (Wildman–Crippen LogP) is 1.38. The van der Waals surface area contributed by atoms with E-state index in [9.17, 15) is 4.79 Å². The number of amides is 1. The number of likely N-dealkylation sites (N-methyl/N-ethyl adjacent to an activating group) is 1. The highest BCUT2D eigenvalue weighted by atomic mass is 16.5. The Bertz CT molecular complexity index is 816. The van der Waals surface area contributed by atoms with E-state index in [0.29, 0.717) is 19.6 Å². The van der Waals surface area contributed by atoms with Crippen LogP contribution in [0.5, 0.6) is 0 Å². The summed E-state index contributed by atoms with van der Waals surface area (Å²) >= 11 is 0. The summed E-state index contributed by atoms with van der Waals surface area (Å²) in [5.74, 6) is 1.05. The SMILES string of the molecule is CCN(CC)C(=O)[C@H]1Cn2ccnc2C2(CCN(Cc3cnn(C)c3)CC2)O1. The molecule has 1 atom stereocenters. The third kappa shape index (κ3) is 3.46. The first-order valence-electron chi connectivity index (χ1n) is 10.2. The Kier molecular flexibility index (Phi) is 5.25. The van der Waals surface area contributed by atoms with Gasteiger partial charge in [-0.25, -0.2) is 4.98 Å². The number of piperidine rings is 1. The molecule has 4 rings (SSSR count). The monoisotopic (exact) mass is 386 g/mol. The molecule has 0 bridgehead atoms. The number of nitrogens with zero attached hydrogens (tertiary/aromatic N) is 6. The normalized spacial score (nSPS) is 21.6. The lowest BCUT2D eigenvalue weighted by Gasteiger charge is -2.46. The molecular formula is C20H30N6O2. The van der Waals surface area contributed by atoms with Crippen LogP contribution in [-0.4, -0.2) is 67.3 Å². The summed E-state index contributed by atoms with van der Waals surface area (Å²) in [5.41, 5.74) is 0.750. The van der Waals surface area contributed by atoms with Gasteiger partial charge in [-0.2, -0.15) is 5.10 Å². The highest BCUT2D eigenvalue weighted by Gasteiger charge is 2.47. The van der Waals surface area contributed by atoms with E-state index in [-0.39, 0.29) is 5.91 Å². The lowest BCUT2D eigenvalue weighted by molar-refractivity contribution is -0.181. The summed E-state index contributed by atoms with van der Waals surface area (Å²) in [7, 11) is 1.94. The predicted molar refractivity (Wildman–Crippen MR) is 104 cm³/mol. The lowest BCUT2D eigenvalue weighted by Crippen LogP contribution is -2.54. The van der Waals surface area contributed by atoms with Gasteiger partial charge in [0.15, 0.2) is 6.10 Å². The van der Waals surface area contributed by atoms with Crippen LogP contribution >= 0.6 is 0 Å². The molecule has 4 heterocycles. The first-order valence-corrected chi connectivity index (χ1v) is 10.2. The fourth-order valence-electron chi connectivity index (χ4n) is 4.49. The second-order valence-electron chi connectivity index (χ2n) is 7.81. The molecule has 2 aliphatic rings. The summed E-state index contributed by atoms with van der Waals surface area (Å²) in [4.78, 5) is 21.9. The van der Waals surface area contributed by atoms with Gasteiger partial charge in [0.1, 0.15) is 11.4 Å². The number of likely N-dealkylation sites (tertiary alicyclic amines) is 1. The zero-order valence-corrected chi connectivity index (χ0v) is 17.0. The van der Waals surface area contributed by atoms with Crippen molar-refractivity contribution in [2.75, 3.05) is 26.2 Å². The number of fused-ring (bicyclic) bond motifs is 2. The number of hydrogen-bond donors (Lipinski definition) is 0. The maximum absolute atomic E-state index is 13.0. The Morgan fingerprint density at radius 3 is 2.71 bits per heavy atom. The molecule has 1 amide bonds. The third-order valence-electron chi connectivity index (χ3n) is 6.03. The van der Waals surface area contributed by atoms with E-state index in [4.69, 9.17) is 4.74 Å². The van der Waals surface area contributed by atoms with Crippen LogP contribution < -0.4 is 0 Å². The van der Waals surface area contributed by atoms with E-state index in [0.717, 1.165) is 38.3 Å². The van der Waals surface area contributed by atoms with Crippen LogP contribution in [0, 0.1) is 0 Å². The lowest BCUT2D eigenvalue weighted by atomic mass is 9.88. The van der Waals surface area contributed by atoms with Gasteiger partial charge < -0.3 is 14.2 Å². The molecule has 0 unspecified atom stereocenters. The average molecular weight is 387 g/mol. The summed E-state index contributed by atoms with van der Waals surface area (Å²) < 4.78 is 10.5. The smallest absolute Gasteiger partial charge is 0.253 e. The van der Waals surface area contributed by atoms with E-state index < -0.39 is 11.7 Å². The third-order valence-corrected chi connectivity index (χ3v) is 6.03. The minimum Gasteiger partial charge on any atom is -0.352 e. The average Bonchev–Trinajstić information content (AvgIpc) is 3.34. The Hall–Kier alpha value is -2.19. The number of ether oxygens (including phenoxy) is 1. The van der Waals surface area contributed by atoms with Gasteiger partial charge >= 0.3 is 0 Å². The van der Waals surface area contributed by atoms with Crippen molar-refractivity contribution in [2.45, 2.75) is 51.5 Å². The molecule has 1 spiro atoms. The summed E-state index contributed by atoms with van der Waals surface area (Å²) in [5, 5.41) is 4.26. The summed E-state index contributed by atoms with van der Waals surface area (Å²) in [6.45, 7) is 8.70. The summed E-state index contributed by atoms with van der Waals surface area (Å²) in [6.07, 6.45) is 9.03. The number of carbonyl (C=O) groups is 1. The van der Waals surface area contributed by atoms with Gasteiger partial charge in [-0.05, 0) is 26.7 Å². The van der Waals surface area contributed by atoms with Crippen LogP contribution in [0.1, 0.15) is 38.1 Å². The number of imidazole rings is 1. The van der Waals surface area contributed by atoms with Crippen molar-refractivity contribution in [2.24, 2.45) is 7.05 Å². The zero-order valence-electron chi connectivity index (χ0n) is 17.0. The van der Waals surface area contributed by atoms with E-state index in [2.05, 4.69) is 25.7 Å². The van der Waals surface area contributed by atoms with Crippen molar-refractivity contribution >= 4 is 5.91 Å². The highest BCUT2D eigenvalue weighted by molar-refractivity contribution is 5.81. The van der Waals surface area contributed by atoms with Gasteiger partial charge in [-0.15, -0.1) is 0 Å². The molecule has 1 fully saturated rings. The number of aromatic nitrogens is 4. The molecule has 2 aliphatic heterocycles. The minimum absolute atomic E-state index is 0.0847. The van der Waals surface area contributed by atoms with Gasteiger partial charge in [0.05, 0.1) is 12.7 Å². The van der Waals surface area contributed by atoms with Crippen LogP contribution in [-0.2, 0) is 35.3 Å². The number of hydrogen-bond acceptors (Lipinski definition) is 5. The van der Waals surface area contributed by atoms with Crippen molar-refractivity contribution < 1.29 is 9.53 Å². The quantitative estimate of drug-likeness (QED) is 0.777. The molecule has 28 heavy (non-hydrogen) atoms. The number of carbonyl (C=O) groups excluding carboxylic acids is 1. The van der Waals surface area contributed by atoms with Gasteiger partial charge in [0.2, 0.25) is 0 Å². The van der Waals surface area contributed by atoms with Gasteiger partial charge in [-0.1, -0.05) is 0 Å². The fourth-order valence-corrected chi connectivity index (χ4v) is 4.49. The second kappa shape index (κ2) is 7.67. The van der Waals surface area contributed by atoms with Crippen molar-refractivity contribution in [3.05, 3.63) is 36.2 Å². The molecule has 0 saturated carbocycles. The van der Waals surface area contributed by atoms with Crippen LogP contribution in [0.4, 0.5) is 0 Å². The van der Waals surface area contributed by atoms with Crippen molar-refractivity contribution in [3.8, 4) is 0 Å². The molecule has 8 heteroatoms. The standard InChI is InChI=1S/C20H30N6O2/c1-4-25(5-2)18(27)17-15-26-11-8-21-19(26)20(28-17)6-9-24(10-7-20)14-16-12-22-23(3)13-16/h8,11-13,17H,4-7,9-10,14-15H2,1-3H3/t17-/m1/s1. The van der Waals surface area contributed by atoms with Gasteiger partial charge in [0.25, 0.3) is 5.91 Å². The van der Waals surface area contributed by atoms with Gasteiger partial charge in [-0.3, -0.25) is 14.4 Å². The zero-order chi connectivity index (χ0) is 19.7. The van der Waals surface area contributed by atoms with Crippen LogP contribution in [0.15, 0.2) is 24.8 Å². The fraction of sp³-hybridized carbons (Fsp3) is 0.650. The highest BCUT2D eigenvalue weighted by Crippen LogP contribution is 2.40. The molecule has 0 aliphatic carbocycles. The minimum atomic E-state index is -0.472. The van der Waals surface area contributed by atoms with E-state index >= 15 is 0 Å². The first kappa shape index (κ1) is 19.1. The Balaban J connectivity index is 1.49. The Morgan fingerprint density at radius 1 is 1.32 bits per heavy atom. The molecule has 8 nitrogen and oxygen atoms in total. The Morgan fingerprint density at radius 2 is 2.07 bits per heavy atom. The van der Waals surface area contributed by atoms with Gasteiger partial charge in [0, 0.05) is 63.9 Å².